The average molecular weight is 417 g/mol. The van der Waals surface area contributed by atoms with E-state index >= 15 is 0 Å². The van der Waals surface area contributed by atoms with Crippen LogP contribution in [0.5, 0.6) is 0 Å². The smallest absolute Gasteiger partial charge is 0.270 e. The maximum absolute atomic E-state index is 12.8. The van der Waals surface area contributed by atoms with E-state index in [1.807, 2.05) is 11.8 Å². The Kier molecular flexibility index (Phi) is 4.97. The third-order valence-corrected chi connectivity index (χ3v) is 5.17. The molecule has 1 aromatic carbocycles. The van der Waals surface area contributed by atoms with Crippen LogP contribution in [0.4, 0.5) is 11.5 Å². The number of non-ortho nitro benzene ring substituents is 1. The van der Waals surface area contributed by atoms with Gasteiger partial charge in [0.15, 0.2) is 17.0 Å². The molecule has 0 unspecified atom stereocenters. The van der Waals surface area contributed by atoms with Crippen molar-refractivity contribution in [3.05, 3.63) is 45.2 Å². The van der Waals surface area contributed by atoms with Gasteiger partial charge in [-0.15, -0.1) is 5.10 Å². The molecule has 4 rings (SSSR count). The number of aromatic nitrogens is 5. The van der Waals surface area contributed by atoms with Gasteiger partial charge < -0.3 is 9.80 Å². The maximum Gasteiger partial charge on any atom is 0.270 e. The van der Waals surface area contributed by atoms with Crippen molar-refractivity contribution in [1.29, 1.82) is 0 Å². The summed E-state index contributed by atoms with van der Waals surface area (Å²) in [5.41, 5.74) is 1.25. The molecular formula is C17H17ClN8O3. The van der Waals surface area contributed by atoms with Crippen molar-refractivity contribution < 1.29 is 9.72 Å². The topological polar surface area (TPSA) is 123 Å². The van der Waals surface area contributed by atoms with Crippen LogP contribution < -0.4 is 4.90 Å². The number of amides is 1. The van der Waals surface area contributed by atoms with Crippen molar-refractivity contribution in [2.75, 3.05) is 31.1 Å². The summed E-state index contributed by atoms with van der Waals surface area (Å²) >= 11 is 6.11. The molecule has 1 aliphatic rings. The largest absolute Gasteiger partial charge is 0.351 e. The molecule has 1 aliphatic heterocycles. The van der Waals surface area contributed by atoms with Crippen LogP contribution >= 0.6 is 11.6 Å². The third kappa shape index (κ3) is 3.44. The van der Waals surface area contributed by atoms with Crippen LogP contribution in [0.2, 0.25) is 5.02 Å². The Labute approximate surface area is 170 Å². The lowest BCUT2D eigenvalue weighted by atomic mass is 10.1. The van der Waals surface area contributed by atoms with Crippen molar-refractivity contribution in [1.82, 2.24) is 29.9 Å². The minimum Gasteiger partial charge on any atom is -0.351 e. The summed E-state index contributed by atoms with van der Waals surface area (Å²) in [4.78, 5) is 35.5. The zero-order chi connectivity index (χ0) is 20.5. The normalized spacial score (nSPS) is 14.4. The number of benzene rings is 1. The van der Waals surface area contributed by atoms with Crippen molar-refractivity contribution in [3.8, 4) is 0 Å². The lowest BCUT2D eigenvalue weighted by Crippen LogP contribution is -2.49. The average Bonchev–Trinajstić information content (AvgIpc) is 3.17. The fourth-order valence-corrected chi connectivity index (χ4v) is 3.51. The van der Waals surface area contributed by atoms with Crippen LogP contribution in [0.15, 0.2) is 24.5 Å². The molecule has 0 bridgehead atoms. The van der Waals surface area contributed by atoms with E-state index in [0.717, 1.165) is 0 Å². The minimum atomic E-state index is -0.547. The second-order valence-electron chi connectivity index (χ2n) is 6.48. The molecule has 29 heavy (non-hydrogen) atoms. The molecule has 1 saturated heterocycles. The number of piperazine rings is 1. The van der Waals surface area contributed by atoms with Crippen molar-refractivity contribution in [3.63, 3.8) is 0 Å². The van der Waals surface area contributed by atoms with Gasteiger partial charge in [0, 0.05) is 44.9 Å². The lowest BCUT2D eigenvalue weighted by molar-refractivity contribution is -0.384. The van der Waals surface area contributed by atoms with Gasteiger partial charge in [-0.2, -0.15) is 0 Å². The number of nitrogens with zero attached hydrogens (tertiary/aromatic N) is 8. The van der Waals surface area contributed by atoms with E-state index in [0.29, 0.717) is 49.7 Å². The predicted octanol–water partition coefficient (Wildman–Crippen LogP) is 1.77. The highest BCUT2D eigenvalue weighted by Crippen LogP contribution is 2.25. The van der Waals surface area contributed by atoms with E-state index in [1.54, 1.807) is 9.58 Å². The number of carbonyl (C=O) groups excluding carboxylic acids is 1. The molecule has 1 fully saturated rings. The minimum absolute atomic E-state index is 0.129. The first kappa shape index (κ1) is 19.0. The Morgan fingerprint density at radius 2 is 2.00 bits per heavy atom. The SMILES string of the molecule is CCn1nnc2c(N3CCN(C(=O)c4cc([N+](=O)[O-])ccc4Cl)CC3)ncnc21. The van der Waals surface area contributed by atoms with E-state index in [-0.39, 0.29) is 22.2 Å². The summed E-state index contributed by atoms with van der Waals surface area (Å²) < 4.78 is 1.70. The first-order valence-corrected chi connectivity index (χ1v) is 9.39. The van der Waals surface area contributed by atoms with Gasteiger partial charge in [-0.25, -0.2) is 14.6 Å². The van der Waals surface area contributed by atoms with Gasteiger partial charge in [-0.1, -0.05) is 16.8 Å². The number of hydrogen-bond acceptors (Lipinski definition) is 8. The van der Waals surface area contributed by atoms with Crippen molar-refractivity contribution in [2.45, 2.75) is 13.5 Å². The molecule has 1 amide bonds. The molecule has 0 radical (unpaired) electrons. The fraction of sp³-hybridized carbons (Fsp3) is 0.353. The Morgan fingerprint density at radius 3 is 2.69 bits per heavy atom. The molecule has 0 N–H and O–H groups in total. The van der Waals surface area contributed by atoms with Gasteiger partial charge in [-0.3, -0.25) is 14.9 Å². The van der Waals surface area contributed by atoms with Crippen LogP contribution in [0.1, 0.15) is 17.3 Å². The number of halogens is 1. The molecular weight excluding hydrogens is 400 g/mol. The first-order valence-electron chi connectivity index (χ1n) is 9.02. The summed E-state index contributed by atoms with van der Waals surface area (Å²) in [7, 11) is 0. The highest BCUT2D eigenvalue weighted by atomic mass is 35.5. The third-order valence-electron chi connectivity index (χ3n) is 4.84. The van der Waals surface area contributed by atoms with Gasteiger partial charge in [0.2, 0.25) is 0 Å². The first-order chi connectivity index (χ1) is 14.0. The lowest BCUT2D eigenvalue weighted by Gasteiger charge is -2.35. The number of aryl methyl sites for hydroxylation is 1. The fourth-order valence-electron chi connectivity index (χ4n) is 3.31. The number of nitro groups is 1. The van der Waals surface area contributed by atoms with Gasteiger partial charge in [0.25, 0.3) is 11.6 Å². The Bertz CT molecular complexity index is 1090. The molecule has 0 saturated carbocycles. The van der Waals surface area contributed by atoms with Crippen LogP contribution in [0.3, 0.4) is 0 Å². The molecule has 0 spiro atoms. The van der Waals surface area contributed by atoms with E-state index < -0.39 is 4.92 Å². The van der Waals surface area contributed by atoms with E-state index in [4.69, 9.17) is 11.6 Å². The predicted molar refractivity (Wildman–Crippen MR) is 105 cm³/mol. The highest BCUT2D eigenvalue weighted by molar-refractivity contribution is 6.33. The van der Waals surface area contributed by atoms with Crippen LogP contribution in [0, 0.1) is 10.1 Å². The number of fused-ring (bicyclic) bond motifs is 1. The Morgan fingerprint density at radius 1 is 1.24 bits per heavy atom. The second-order valence-corrected chi connectivity index (χ2v) is 6.88. The van der Waals surface area contributed by atoms with Crippen molar-refractivity contribution in [2.24, 2.45) is 0 Å². The van der Waals surface area contributed by atoms with E-state index in [1.165, 1.54) is 24.5 Å². The number of carbonyl (C=O) groups is 1. The highest BCUT2D eigenvalue weighted by Gasteiger charge is 2.27. The molecule has 2 aromatic heterocycles. The molecule has 3 aromatic rings. The van der Waals surface area contributed by atoms with E-state index in [2.05, 4.69) is 20.3 Å². The van der Waals surface area contributed by atoms with Crippen LogP contribution in [-0.4, -0.2) is 66.9 Å². The van der Waals surface area contributed by atoms with E-state index in [9.17, 15) is 14.9 Å². The summed E-state index contributed by atoms with van der Waals surface area (Å²) in [6.07, 6.45) is 1.48. The summed E-state index contributed by atoms with van der Waals surface area (Å²) in [6, 6.07) is 3.87. The quantitative estimate of drug-likeness (QED) is 0.465. The van der Waals surface area contributed by atoms with Gasteiger partial charge in [0.1, 0.15) is 6.33 Å². The van der Waals surface area contributed by atoms with Gasteiger partial charge in [-0.05, 0) is 13.0 Å². The zero-order valence-electron chi connectivity index (χ0n) is 15.5. The monoisotopic (exact) mass is 416 g/mol. The standard InChI is InChI=1S/C17H17ClN8O3/c1-2-25-16-14(21-22-25)15(19-10-20-16)23-5-7-24(8-6-23)17(27)12-9-11(26(28)29)3-4-13(12)18/h3-4,9-10H,2,5-8H2,1H3. The molecule has 0 aliphatic carbocycles. The summed E-state index contributed by atoms with van der Waals surface area (Å²) in [6.45, 7) is 4.52. The molecule has 12 heteroatoms. The van der Waals surface area contributed by atoms with Gasteiger partial charge >= 0.3 is 0 Å². The zero-order valence-corrected chi connectivity index (χ0v) is 16.3. The number of hydrogen-bond donors (Lipinski definition) is 0. The molecule has 11 nitrogen and oxygen atoms in total. The second kappa shape index (κ2) is 7.59. The molecule has 150 valence electrons. The molecule has 0 atom stereocenters. The number of rotatable bonds is 4. The molecule has 3 heterocycles. The summed E-state index contributed by atoms with van der Waals surface area (Å²) in [5, 5.41) is 19.5. The van der Waals surface area contributed by atoms with Crippen LogP contribution in [0.25, 0.3) is 11.2 Å². The Hall–Kier alpha value is -3.34. The number of nitro benzene ring substituents is 1. The maximum atomic E-state index is 12.8. The van der Waals surface area contributed by atoms with Crippen LogP contribution in [-0.2, 0) is 6.54 Å². The Balaban J connectivity index is 1.52. The van der Waals surface area contributed by atoms with Gasteiger partial charge in [0.05, 0.1) is 15.5 Å². The summed E-state index contributed by atoms with van der Waals surface area (Å²) in [5.74, 6) is 0.346. The number of anilines is 1. The van der Waals surface area contributed by atoms with Crippen molar-refractivity contribution >= 4 is 40.2 Å².